The molecule has 1 aromatic heterocycles. The number of aromatic nitrogens is 3. The Bertz CT molecular complexity index is 365. The summed E-state index contributed by atoms with van der Waals surface area (Å²) in [6.45, 7) is 7.34. The number of ether oxygens (including phenoxy) is 1. The summed E-state index contributed by atoms with van der Waals surface area (Å²) in [7, 11) is 0. The third-order valence-corrected chi connectivity index (χ3v) is 2.78. The van der Waals surface area contributed by atoms with Gasteiger partial charge < -0.3 is 4.74 Å². The predicted octanol–water partition coefficient (Wildman–Crippen LogP) is 0.655. The van der Waals surface area contributed by atoms with Crippen LogP contribution < -0.4 is 5.43 Å². The topological polar surface area (TPSA) is 63.2 Å². The normalized spacial score (nSPS) is 17.1. The molecule has 0 unspecified atom stereocenters. The number of morpholine rings is 1. The zero-order valence-electron chi connectivity index (χ0n) is 10.4. The summed E-state index contributed by atoms with van der Waals surface area (Å²) < 4.78 is 5.28. The highest BCUT2D eigenvalue weighted by atomic mass is 16.5. The van der Waals surface area contributed by atoms with Gasteiger partial charge in [-0.1, -0.05) is 13.8 Å². The monoisotopic (exact) mass is 237 g/mol. The Kier molecular flexibility index (Phi) is 4.22. The van der Waals surface area contributed by atoms with Crippen LogP contribution in [-0.4, -0.2) is 46.5 Å². The molecule has 1 saturated heterocycles. The highest BCUT2D eigenvalue weighted by Crippen LogP contribution is 2.08. The van der Waals surface area contributed by atoms with Gasteiger partial charge in [-0.15, -0.1) is 10.2 Å². The number of hydrogen-bond acceptors (Lipinski definition) is 6. The highest BCUT2D eigenvalue weighted by Gasteiger charge is 2.12. The minimum atomic E-state index is 0.584. The minimum Gasteiger partial charge on any atom is -0.379 e. The SMILES string of the molecule is CCc1nnc(NN2CCOCC2)nc1CC. The molecule has 1 N–H and O–H groups in total. The van der Waals surface area contributed by atoms with Gasteiger partial charge in [0.25, 0.3) is 5.95 Å². The molecule has 0 spiro atoms. The van der Waals surface area contributed by atoms with E-state index in [1.807, 2.05) is 0 Å². The number of anilines is 1. The van der Waals surface area contributed by atoms with Crippen molar-refractivity contribution in [1.29, 1.82) is 0 Å². The van der Waals surface area contributed by atoms with E-state index in [1.165, 1.54) is 0 Å². The number of nitrogens with zero attached hydrogens (tertiary/aromatic N) is 4. The third kappa shape index (κ3) is 3.10. The zero-order chi connectivity index (χ0) is 12.1. The molecule has 1 aliphatic rings. The molecule has 6 heteroatoms. The van der Waals surface area contributed by atoms with Crippen molar-refractivity contribution in [3.63, 3.8) is 0 Å². The van der Waals surface area contributed by atoms with Crippen molar-refractivity contribution in [1.82, 2.24) is 20.2 Å². The van der Waals surface area contributed by atoms with Crippen LogP contribution >= 0.6 is 0 Å². The van der Waals surface area contributed by atoms with E-state index in [-0.39, 0.29) is 0 Å². The lowest BCUT2D eigenvalue weighted by molar-refractivity contribution is 0.0492. The fraction of sp³-hybridized carbons (Fsp3) is 0.727. The van der Waals surface area contributed by atoms with Crippen molar-refractivity contribution in [2.45, 2.75) is 26.7 Å². The van der Waals surface area contributed by atoms with E-state index in [2.05, 4.69) is 39.5 Å². The first-order valence-electron chi connectivity index (χ1n) is 6.15. The Balaban J connectivity index is 2.05. The first-order valence-corrected chi connectivity index (χ1v) is 6.15. The lowest BCUT2D eigenvalue weighted by Gasteiger charge is -2.26. The zero-order valence-corrected chi connectivity index (χ0v) is 10.4. The van der Waals surface area contributed by atoms with Crippen LogP contribution in [0.4, 0.5) is 5.95 Å². The molecule has 0 amide bonds. The van der Waals surface area contributed by atoms with Crippen LogP contribution in [0.15, 0.2) is 0 Å². The molecule has 0 radical (unpaired) electrons. The predicted molar refractivity (Wildman–Crippen MR) is 64.6 cm³/mol. The summed E-state index contributed by atoms with van der Waals surface area (Å²) in [6, 6.07) is 0. The molecular weight excluding hydrogens is 218 g/mol. The number of rotatable bonds is 4. The molecule has 17 heavy (non-hydrogen) atoms. The Labute approximate surface area is 101 Å². The minimum absolute atomic E-state index is 0.584. The summed E-state index contributed by atoms with van der Waals surface area (Å²) >= 11 is 0. The molecule has 2 rings (SSSR count). The van der Waals surface area contributed by atoms with Crippen LogP contribution in [0.1, 0.15) is 25.2 Å². The average molecular weight is 237 g/mol. The summed E-state index contributed by atoms with van der Waals surface area (Å²) in [5.41, 5.74) is 5.19. The van der Waals surface area contributed by atoms with Gasteiger partial charge in [-0.2, -0.15) is 0 Å². The van der Waals surface area contributed by atoms with Crippen molar-refractivity contribution in [3.8, 4) is 0 Å². The Morgan fingerprint density at radius 2 is 1.82 bits per heavy atom. The van der Waals surface area contributed by atoms with Gasteiger partial charge in [0.15, 0.2) is 0 Å². The fourth-order valence-electron chi connectivity index (χ4n) is 1.80. The van der Waals surface area contributed by atoms with Gasteiger partial charge in [0.2, 0.25) is 0 Å². The third-order valence-electron chi connectivity index (χ3n) is 2.78. The maximum Gasteiger partial charge on any atom is 0.257 e. The molecule has 1 aliphatic heterocycles. The smallest absolute Gasteiger partial charge is 0.257 e. The summed E-state index contributed by atoms with van der Waals surface area (Å²) in [5, 5.41) is 10.4. The summed E-state index contributed by atoms with van der Waals surface area (Å²) in [4.78, 5) is 4.49. The van der Waals surface area contributed by atoms with E-state index in [9.17, 15) is 0 Å². The van der Waals surface area contributed by atoms with E-state index in [4.69, 9.17) is 4.74 Å². The van der Waals surface area contributed by atoms with Crippen LogP contribution in [-0.2, 0) is 17.6 Å². The van der Waals surface area contributed by atoms with Gasteiger partial charge in [-0.25, -0.2) is 9.99 Å². The summed E-state index contributed by atoms with van der Waals surface area (Å²) in [6.07, 6.45) is 1.76. The molecule has 1 fully saturated rings. The van der Waals surface area contributed by atoms with Crippen molar-refractivity contribution in [3.05, 3.63) is 11.4 Å². The van der Waals surface area contributed by atoms with Crippen LogP contribution in [0.3, 0.4) is 0 Å². The van der Waals surface area contributed by atoms with Crippen LogP contribution in [0.2, 0.25) is 0 Å². The molecule has 6 nitrogen and oxygen atoms in total. The van der Waals surface area contributed by atoms with E-state index in [0.29, 0.717) is 5.95 Å². The molecule has 0 aromatic carbocycles. The number of aryl methyl sites for hydroxylation is 2. The van der Waals surface area contributed by atoms with Gasteiger partial charge in [0.1, 0.15) is 0 Å². The van der Waals surface area contributed by atoms with E-state index in [1.54, 1.807) is 0 Å². The van der Waals surface area contributed by atoms with Crippen LogP contribution in [0, 0.1) is 0 Å². The average Bonchev–Trinajstić information content (AvgIpc) is 2.40. The molecule has 0 saturated carbocycles. The van der Waals surface area contributed by atoms with Gasteiger partial charge in [0.05, 0.1) is 24.6 Å². The largest absolute Gasteiger partial charge is 0.379 e. The molecule has 0 atom stereocenters. The Morgan fingerprint density at radius 3 is 2.47 bits per heavy atom. The molecule has 0 aliphatic carbocycles. The standard InChI is InChI=1S/C11H19N5O/c1-3-9-10(4-2)13-14-11(12-9)15-16-5-7-17-8-6-16/h3-8H2,1-2H3,(H,12,14,15). The van der Waals surface area contributed by atoms with Gasteiger partial charge in [-0.05, 0) is 12.8 Å². The quantitative estimate of drug-likeness (QED) is 0.830. The lowest BCUT2D eigenvalue weighted by Crippen LogP contribution is -2.40. The summed E-state index contributed by atoms with van der Waals surface area (Å²) in [5.74, 6) is 0.584. The van der Waals surface area contributed by atoms with Crippen molar-refractivity contribution in [2.24, 2.45) is 0 Å². The fourth-order valence-corrected chi connectivity index (χ4v) is 1.80. The van der Waals surface area contributed by atoms with Gasteiger partial charge in [0, 0.05) is 13.1 Å². The molecule has 94 valence electrons. The number of hydrazine groups is 1. The molecule has 0 bridgehead atoms. The second-order valence-corrected chi connectivity index (χ2v) is 3.95. The van der Waals surface area contributed by atoms with Gasteiger partial charge in [-0.3, -0.25) is 5.43 Å². The van der Waals surface area contributed by atoms with Crippen molar-refractivity contribution >= 4 is 5.95 Å². The number of nitrogens with one attached hydrogen (secondary N) is 1. The van der Waals surface area contributed by atoms with Gasteiger partial charge >= 0.3 is 0 Å². The van der Waals surface area contributed by atoms with E-state index < -0.39 is 0 Å². The van der Waals surface area contributed by atoms with E-state index in [0.717, 1.165) is 50.5 Å². The van der Waals surface area contributed by atoms with Crippen LogP contribution in [0.25, 0.3) is 0 Å². The second-order valence-electron chi connectivity index (χ2n) is 3.95. The van der Waals surface area contributed by atoms with Crippen LogP contribution in [0.5, 0.6) is 0 Å². The highest BCUT2D eigenvalue weighted by molar-refractivity contribution is 5.24. The second kappa shape index (κ2) is 5.88. The molecule has 1 aromatic rings. The molecule has 2 heterocycles. The number of hydrogen-bond donors (Lipinski definition) is 1. The maximum absolute atomic E-state index is 5.28. The Hall–Kier alpha value is -1.27. The first-order chi connectivity index (χ1) is 8.33. The van der Waals surface area contributed by atoms with Crippen molar-refractivity contribution in [2.75, 3.05) is 31.7 Å². The first kappa shape index (κ1) is 12.2. The van der Waals surface area contributed by atoms with E-state index >= 15 is 0 Å². The van der Waals surface area contributed by atoms with Crippen molar-refractivity contribution < 1.29 is 4.74 Å². The Morgan fingerprint density at radius 1 is 1.12 bits per heavy atom. The maximum atomic E-state index is 5.28. The molecular formula is C11H19N5O. The lowest BCUT2D eigenvalue weighted by atomic mass is 10.2.